The van der Waals surface area contributed by atoms with E-state index in [-0.39, 0.29) is 29.5 Å². The molecule has 0 radical (unpaired) electrons. The maximum absolute atomic E-state index is 12.1. The monoisotopic (exact) mass is 476 g/mol. The minimum absolute atomic E-state index is 0.100. The predicted molar refractivity (Wildman–Crippen MR) is 117 cm³/mol. The smallest absolute Gasteiger partial charge is 0.410 e. The number of nitrogens with one attached hydrogen (secondary N) is 1. The topological polar surface area (TPSA) is 111 Å². The first-order valence-corrected chi connectivity index (χ1v) is 12.0. The van der Waals surface area contributed by atoms with Crippen molar-refractivity contribution in [3.8, 4) is 5.75 Å². The summed E-state index contributed by atoms with van der Waals surface area (Å²) in [7, 11) is -3.91. The Labute approximate surface area is 188 Å². The number of amides is 1. The number of sulfonamides is 1. The highest BCUT2D eigenvalue weighted by molar-refractivity contribution is 7.93. The summed E-state index contributed by atoms with van der Waals surface area (Å²) in [4.78, 5) is 25.2. The lowest BCUT2D eigenvalue weighted by molar-refractivity contribution is -0.139. The van der Waals surface area contributed by atoms with Crippen molar-refractivity contribution < 1.29 is 32.2 Å². The minimum Gasteiger partial charge on any atom is -0.489 e. The molecule has 1 saturated heterocycles. The van der Waals surface area contributed by atoms with Gasteiger partial charge in [0.2, 0.25) is 10.0 Å². The Morgan fingerprint density at radius 3 is 2.42 bits per heavy atom. The van der Waals surface area contributed by atoms with Crippen molar-refractivity contribution in [3.63, 3.8) is 0 Å². The van der Waals surface area contributed by atoms with Crippen molar-refractivity contribution in [3.05, 3.63) is 23.2 Å². The Kier molecular flexibility index (Phi) is 8.41. The number of hydrogen-bond donors (Lipinski definition) is 1. The number of nitrogens with zero attached hydrogens (tertiary/aromatic N) is 1. The highest BCUT2D eigenvalue weighted by Crippen LogP contribution is 2.30. The van der Waals surface area contributed by atoms with Gasteiger partial charge in [0, 0.05) is 25.9 Å². The fraction of sp³-hybridized carbons (Fsp3) is 0.600. The third kappa shape index (κ3) is 8.45. The Morgan fingerprint density at radius 1 is 1.23 bits per heavy atom. The fourth-order valence-corrected chi connectivity index (χ4v) is 4.07. The van der Waals surface area contributed by atoms with E-state index in [1.165, 1.54) is 12.1 Å². The standard InChI is InChI=1S/C20H29ClN2O7S/c1-5-28-18(24)13-31(26,27)22-14-6-7-17(16(21)12-14)29-15-8-10-23(11-9-15)19(25)30-20(2,3)4/h6-7,12,15,22H,5,8-11,13H2,1-4H3. The molecule has 174 valence electrons. The van der Waals surface area contributed by atoms with Crippen LogP contribution < -0.4 is 9.46 Å². The van der Waals surface area contributed by atoms with Crippen molar-refractivity contribution in [2.45, 2.75) is 52.2 Å². The van der Waals surface area contributed by atoms with Crippen LogP contribution in [0.1, 0.15) is 40.5 Å². The van der Waals surface area contributed by atoms with Gasteiger partial charge in [0.1, 0.15) is 17.5 Å². The maximum Gasteiger partial charge on any atom is 0.410 e. The molecule has 0 saturated carbocycles. The summed E-state index contributed by atoms with van der Waals surface area (Å²) in [6, 6.07) is 4.47. The van der Waals surface area contributed by atoms with E-state index in [1.54, 1.807) is 17.9 Å². The molecule has 9 nitrogen and oxygen atoms in total. The molecule has 1 amide bonds. The number of carbonyl (C=O) groups excluding carboxylic acids is 2. The van der Waals surface area contributed by atoms with Gasteiger partial charge >= 0.3 is 12.1 Å². The number of ether oxygens (including phenoxy) is 3. The molecule has 2 rings (SSSR count). The van der Waals surface area contributed by atoms with Gasteiger partial charge in [-0.15, -0.1) is 0 Å². The summed E-state index contributed by atoms with van der Waals surface area (Å²) >= 11 is 6.25. The molecule has 1 aromatic carbocycles. The van der Waals surface area contributed by atoms with Gasteiger partial charge in [-0.1, -0.05) is 11.6 Å². The van der Waals surface area contributed by atoms with Crippen molar-refractivity contribution >= 4 is 39.4 Å². The number of piperidine rings is 1. The van der Waals surface area contributed by atoms with Crippen molar-refractivity contribution in [1.29, 1.82) is 0 Å². The Morgan fingerprint density at radius 2 is 1.87 bits per heavy atom. The zero-order valence-electron chi connectivity index (χ0n) is 18.1. The highest BCUT2D eigenvalue weighted by Gasteiger charge is 2.28. The van der Waals surface area contributed by atoms with Crippen LogP contribution in [0.15, 0.2) is 18.2 Å². The second-order valence-electron chi connectivity index (χ2n) is 8.10. The molecule has 1 heterocycles. The summed E-state index contributed by atoms with van der Waals surface area (Å²) in [5, 5.41) is 0.228. The van der Waals surface area contributed by atoms with Crippen LogP contribution in [0.4, 0.5) is 10.5 Å². The van der Waals surface area contributed by atoms with Crippen LogP contribution in [0.2, 0.25) is 5.02 Å². The molecular weight excluding hydrogens is 448 g/mol. The second-order valence-corrected chi connectivity index (χ2v) is 10.2. The van der Waals surface area contributed by atoms with E-state index >= 15 is 0 Å². The largest absolute Gasteiger partial charge is 0.489 e. The lowest BCUT2D eigenvalue weighted by atomic mass is 10.1. The molecule has 1 N–H and O–H groups in total. The van der Waals surface area contributed by atoms with E-state index in [4.69, 9.17) is 21.1 Å². The van der Waals surface area contributed by atoms with Crippen LogP contribution in [0.3, 0.4) is 0 Å². The number of anilines is 1. The second kappa shape index (κ2) is 10.4. The summed E-state index contributed by atoms with van der Waals surface area (Å²) in [6.45, 7) is 8.17. The number of esters is 1. The van der Waals surface area contributed by atoms with Crippen LogP contribution in [-0.2, 0) is 24.3 Å². The molecule has 1 aromatic rings. The van der Waals surface area contributed by atoms with Gasteiger partial charge in [0.15, 0.2) is 5.75 Å². The summed E-state index contributed by atoms with van der Waals surface area (Å²) in [6.07, 6.45) is 0.749. The van der Waals surface area contributed by atoms with Crippen molar-refractivity contribution in [1.82, 2.24) is 4.90 Å². The van der Waals surface area contributed by atoms with Crippen molar-refractivity contribution in [2.24, 2.45) is 0 Å². The van der Waals surface area contributed by atoms with Gasteiger partial charge in [0.05, 0.1) is 17.3 Å². The number of likely N-dealkylation sites (tertiary alicyclic amines) is 1. The van der Waals surface area contributed by atoms with Gasteiger partial charge in [-0.25, -0.2) is 13.2 Å². The lowest BCUT2D eigenvalue weighted by Crippen LogP contribution is -2.44. The molecule has 11 heteroatoms. The Bertz CT molecular complexity index is 891. The average Bonchev–Trinajstić information content (AvgIpc) is 2.62. The molecule has 1 fully saturated rings. The van der Waals surface area contributed by atoms with Crippen LogP contribution in [0, 0.1) is 0 Å². The normalized spacial score (nSPS) is 15.3. The molecular formula is C20H29ClN2O7S. The molecule has 0 spiro atoms. The van der Waals surface area contributed by atoms with Gasteiger partial charge in [-0.05, 0) is 45.9 Å². The SMILES string of the molecule is CCOC(=O)CS(=O)(=O)Nc1ccc(OC2CCN(C(=O)OC(C)(C)C)CC2)c(Cl)c1. The number of hydrogen-bond acceptors (Lipinski definition) is 7. The quantitative estimate of drug-likeness (QED) is 0.600. The van der Waals surface area contributed by atoms with E-state index < -0.39 is 27.3 Å². The molecule has 0 aliphatic carbocycles. The van der Waals surface area contributed by atoms with Gasteiger partial charge < -0.3 is 19.1 Å². The molecule has 0 unspecified atom stereocenters. The van der Waals surface area contributed by atoms with E-state index in [0.717, 1.165) is 0 Å². The van der Waals surface area contributed by atoms with Crippen LogP contribution in [-0.4, -0.2) is 62.5 Å². The van der Waals surface area contributed by atoms with Crippen LogP contribution in [0.5, 0.6) is 5.75 Å². The number of carbonyl (C=O) groups is 2. The van der Waals surface area contributed by atoms with Gasteiger partial charge in [-0.2, -0.15) is 0 Å². The van der Waals surface area contributed by atoms with Crippen LogP contribution >= 0.6 is 11.6 Å². The average molecular weight is 477 g/mol. The van der Waals surface area contributed by atoms with Crippen LogP contribution in [0.25, 0.3) is 0 Å². The molecule has 0 atom stereocenters. The maximum atomic E-state index is 12.1. The molecule has 1 aliphatic rings. The number of benzene rings is 1. The summed E-state index contributed by atoms with van der Waals surface area (Å²) in [5.74, 6) is -1.21. The predicted octanol–water partition coefficient (Wildman–Crippen LogP) is 3.42. The molecule has 1 aliphatic heterocycles. The summed E-state index contributed by atoms with van der Waals surface area (Å²) < 4.78 is 42.3. The zero-order chi connectivity index (χ0) is 23.2. The molecule has 0 bridgehead atoms. The van der Waals surface area contributed by atoms with Gasteiger partial charge in [0.25, 0.3) is 0 Å². The third-order valence-corrected chi connectivity index (χ3v) is 5.66. The Balaban J connectivity index is 1.90. The van der Waals surface area contributed by atoms with Crippen molar-refractivity contribution in [2.75, 3.05) is 30.2 Å². The first kappa shape index (κ1) is 25.1. The number of rotatable bonds is 7. The Hall–Kier alpha value is -2.20. The lowest BCUT2D eigenvalue weighted by Gasteiger charge is -2.33. The number of halogens is 1. The fourth-order valence-electron chi connectivity index (χ4n) is 2.90. The van der Waals surface area contributed by atoms with E-state index in [0.29, 0.717) is 31.7 Å². The van der Waals surface area contributed by atoms with E-state index in [9.17, 15) is 18.0 Å². The molecule has 0 aromatic heterocycles. The third-order valence-electron chi connectivity index (χ3n) is 4.21. The summed E-state index contributed by atoms with van der Waals surface area (Å²) in [5.41, 5.74) is -0.334. The van der Waals surface area contributed by atoms with E-state index in [1.807, 2.05) is 20.8 Å². The minimum atomic E-state index is -3.91. The van der Waals surface area contributed by atoms with Gasteiger partial charge in [-0.3, -0.25) is 9.52 Å². The first-order valence-electron chi connectivity index (χ1n) is 9.99. The van der Waals surface area contributed by atoms with E-state index in [2.05, 4.69) is 9.46 Å². The first-order chi connectivity index (χ1) is 14.4. The molecule has 31 heavy (non-hydrogen) atoms. The zero-order valence-corrected chi connectivity index (χ0v) is 19.7. The highest BCUT2D eigenvalue weighted by atomic mass is 35.5.